The van der Waals surface area contributed by atoms with Crippen molar-refractivity contribution in [3.63, 3.8) is 0 Å². The molecule has 1 N–H and O–H groups in total. The van der Waals surface area contributed by atoms with Gasteiger partial charge in [0.1, 0.15) is 0 Å². The van der Waals surface area contributed by atoms with Crippen LogP contribution in [0.2, 0.25) is 0 Å². The van der Waals surface area contributed by atoms with Gasteiger partial charge in [0.05, 0.1) is 0 Å². The molecule has 3 rings (SSSR count). The topological polar surface area (TPSA) is 12.0 Å². The summed E-state index contributed by atoms with van der Waals surface area (Å²) in [6.45, 7) is 2.39. The smallest absolute Gasteiger partial charge is 0.0172 e. The van der Waals surface area contributed by atoms with E-state index in [2.05, 4.69) is 41.3 Å². The Bertz CT molecular complexity index is 384. The van der Waals surface area contributed by atoms with E-state index in [9.17, 15) is 0 Å². The van der Waals surface area contributed by atoms with Crippen LogP contribution in [0.25, 0.3) is 0 Å². The van der Waals surface area contributed by atoms with Crippen LogP contribution in [-0.4, -0.2) is 24.1 Å². The predicted octanol–water partition coefficient (Wildman–Crippen LogP) is 3.59. The zero-order valence-corrected chi connectivity index (χ0v) is 11.8. The van der Waals surface area contributed by atoms with Gasteiger partial charge in [-0.25, -0.2) is 0 Å². The van der Waals surface area contributed by atoms with Crippen molar-refractivity contribution >= 4 is 11.8 Å². The van der Waals surface area contributed by atoms with Crippen LogP contribution in [0.3, 0.4) is 0 Å². The van der Waals surface area contributed by atoms with E-state index in [0.717, 1.165) is 11.2 Å². The van der Waals surface area contributed by atoms with E-state index in [4.69, 9.17) is 0 Å². The first-order valence-corrected chi connectivity index (χ1v) is 8.38. The third kappa shape index (κ3) is 2.92. The minimum Gasteiger partial charge on any atom is -0.315 e. The quantitative estimate of drug-likeness (QED) is 0.889. The fourth-order valence-corrected chi connectivity index (χ4v) is 4.53. The summed E-state index contributed by atoms with van der Waals surface area (Å²) in [5, 5.41) is 4.60. The van der Waals surface area contributed by atoms with Crippen molar-refractivity contribution in [2.45, 2.75) is 43.3 Å². The first kappa shape index (κ1) is 12.6. The average molecular weight is 261 g/mol. The molecule has 1 aromatic carbocycles. The summed E-state index contributed by atoms with van der Waals surface area (Å²) < 4.78 is 0. The van der Waals surface area contributed by atoms with Crippen LogP contribution in [0, 0.1) is 0 Å². The second-order valence-electron chi connectivity index (χ2n) is 5.58. The van der Waals surface area contributed by atoms with E-state index in [1.54, 1.807) is 11.1 Å². The summed E-state index contributed by atoms with van der Waals surface area (Å²) in [5.74, 6) is 2.12. The van der Waals surface area contributed by atoms with Crippen LogP contribution >= 0.6 is 11.8 Å². The van der Waals surface area contributed by atoms with Crippen LogP contribution in [0.4, 0.5) is 0 Å². The number of thioether (sulfide) groups is 1. The second kappa shape index (κ2) is 6.12. The molecule has 1 saturated heterocycles. The summed E-state index contributed by atoms with van der Waals surface area (Å²) in [6, 6.07) is 9.03. The highest BCUT2D eigenvalue weighted by Gasteiger charge is 2.20. The molecule has 1 heterocycles. The van der Waals surface area contributed by atoms with E-state index in [1.807, 2.05) is 0 Å². The van der Waals surface area contributed by atoms with Crippen molar-refractivity contribution in [2.75, 3.05) is 18.8 Å². The number of aryl methyl sites for hydroxylation is 1. The van der Waals surface area contributed by atoms with Gasteiger partial charge in [-0.2, -0.15) is 11.8 Å². The van der Waals surface area contributed by atoms with Crippen molar-refractivity contribution in [1.82, 2.24) is 5.32 Å². The van der Waals surface area contributed by atoms with Crippen molar-refractivity contribution < 1.29 is 0 Å². The minimum atomic E-state index is 0.751. The average Bonchev–Trinajstić information content (AvgIpc) is 2.92. The lowest BCUT2D eigenvalue weighted by Crippen LogP contribution is -2.29. The molecule has 0 radical (unpaired) electrons. The second-order valence-corrected chi connectivity index (χ2v) is 6.99. The molecule has 0 spiro atoms. The van der Waals surface area contributed by atoms with Gasteiger partial charge in [0.2, 0.25) is 0 Å². The van der Waals surface area contributed by atoms with E-state index < -0.39 is 0 Å². The Balaban J connectivity index is 1.54. The summed E-state index contributed by atoms with van der Waals surface area (Å²) in [6.07, 6.45) is 6.84. The fourth-order valence-electron chi connectivity index (χ4n) is 3.29. The summed E-state index contributed by atoms with van der Waals surface area (Å²) >= 11 is 2.15. The maximum atomic E-state index is 3.72. The Hall–Kier alpha value is -0.470. The number of nitrogens with one attached hydrogen (secondary N) is 1. The molecule has 2 aliphatic rings. The summed E-state index contributed by atoms with van der Waals surface area (Å²) in [5.41, 5.74) is 3.20. The minimum absolute atomic E-state index is 0.751. The Morgan fingerprint density at radius 3 is 2.94 bits per heavy atom. The monoisotopic (exact) mass is 261 g/mol. The zero-order valence-electron chi connectivity index (χ0n) is 11.0. The number of hydrogen-bond acceptors (Lipinski definition) is 2. The first-order valence-electron chi connectivity index (χ1n) is 7.33. The highest BCUT2D eigenvalue weighted by molar-refractivity contribution is 8.00. The molecule has 0 amide bonds. The van der Waals surface area contributed by atoms with Gasteiger partial charge in [0.25, 0.3) is 0 Å². The molecule has 0 aromatic heterocycles. The molecule has 1 aromatic rings. The van der Waals surface area contributed by atoms with Crippen LogP contribution in [0.5, 0.6) is 0 Å². The lowest BCUT2D eigenvalue weighted by molar-refractivity contribution is 0.504. The normalized spacial score (nSPS) is 27.1. The molecular formula is C16H23NS. The third-order valence-electron chi connectivity index (χ3n) is 4.28. The molecule has 1 fully saturated rings. The first-order chi connectivity index (χ1) is 8.93. The lowest BCUT2D eigenvalue weighted by atomic mass is 9.83. The van der Waals surface area contributed by atoms with Gasteiger partial charge in [-0.1, -0.05) is 24.3 Å². The van der Waals surface area contributed by atoms with Crippen LogP contribution < -0.4 is 5.32 Å². The molecule has 2 heteroatoms. The van der Waals surface area contributed by atoms with Crippen LogP contribution in [-0.2, 0) is 6.42 Å². The third-order valence-corrected chi connectivity index (χ3v) is 5.68. The van der Waals surface area contributed by atoms with E-state index >= 15 is 0 Å². The molecule has 1 aliphatic carbocycles. The van der Waals surface area contributed by atoms with Gasteiger partial charge in [-0.05, 0) is 54.9 Å². The zero-order chi connectivity index (χ0) is 12.2. The molecule has 18 heavy (non-hydrogen) atoms. The van der Waals surface area contributed by atoms with Gasteiger partial charge in [-0.15, -0.1) is 0 Å². The van der Waals surface area contributed by atoms with Crippen molar-refractivity contribution in [3.8, 4) is 0 Å². The van der Waals surface area contributed by atoms with Gasteiger partial charge >= 0.3 is 0 Å². The van der Waals surface area contributed by atoms with Crippen molar-refractivity contribution in [2.24, 2.45) is 0 Å². The van der Waals surface area contributed by atoms with Gasteiger partial charge < -0.3 is 5.32 Å². The van der Waals surface area contributed by atoms with Gasteiger partial charge in [0.15, 0.2) is 0 Å². The maximum absolute atomic E-state index is 3.72. The molecular weight excluding hydrogens is 238 g/mol. The highest BCUT2D eigenvalue weighted by atomic mass is 32.2. The molecule has 1 nitrogen and oxygen atoms in total. The standard InChI is InChI=1S/C16H23NS/c1-2-9-16-13(5-1)6-3-7-14(16)11-17-12-15-8-4-10-18-15/h1-2,5,9,14-15,17H,3-4,6-8,10-12H2. The van der Waals surface area contributed by atoms with E-state index in [-0.39, 0.29) is 0 Å². The maximum Gasteiger partial charge on any atom is 0.0172 e. The molecule has 0 bridgehead atoms. The van der Waals surface area contributed by atoms with E-state index in [1.165, 1.54) is 50.9 Å². The van der Waals surface area contributed by atoms with Crippen molar-refractivity contribution in [1.29, 1.82) is 0 Å². The Morgan fingerprint density at radius 2 is 2.06 bits per heavy atom. The lowest BCUT2D eigenvalue weighted by Gasteiger charge is -2.26. The predicted molar refractivity (Wildman–Crippen MR) is 80.5 cm³/mol. The number of fused-ring (bicyclic) bond motifs is 1. The summed E-state index contributed by atoms with van der Waals surface area (Å²) in [7, 11) is 0. The fraction of sp³-hybridized carbons (Fsp3) is 0.625. The number of rotatable bonds is 4. The van der Waals surface area contributed by atoms with Crippen LogP contribution in [0.15, 0.2) is 24.3 Å². The SMILES string of the molecule is c1ccc2c(c1)CCCC2CNCC1CCCS1. The number of benzene rings is 1. The number of hydrogen-bond donors (Lipinski definition) is 1. The van der Waals surface area contributed by atoms with Crippen LogP contribution in [0.1, 0.15) is 42.7 Å². The molecule has 1 aliphatic heterocycles. The summed E-state index contributed by atoms with van der Waals surface area (Å²) in [4.78, 5) is 0. The Morgan fingerprint density at radius 1 is 1.11 bits per heavy atom. The van der Waals surface area contributed by atoms with Gasteiger partial charge in [-0.3, -0.25) is 0 Å². The molecule has 2 unspecified atom stereocenters. The van der Waals surface area contributed by atoms with Gasteiger partial charge in [0, 0.05) is 18.3 Å². The van der Waals surface area contributed by atoms with E-state index in [0.29, 0.717) is 0 Å². The molecule has 2 atom stereocenters. The molecule has 98 valence electrons. The Kier molecular flexibility index (Phi) is 4.27. The Labute approximate surface area is 115 Å². The highest BCUT2D eigenvalue weighted by Crippen LogP contribution is 2.31. The largest absolute Gasteiger partial charge is 0.315 e. The molecule has 0 saturated carbocycles. The van der Waals surface area contributed by atoms with Crippen molar-refractivity contribution in [3.05, 3.63) is 35.4 Å².